The smallest absolute Gasteiger partial charge is 0.270 e. The van der Waals surface area contributed by atoms with Crippen LogP contribution in [0.15, 0.2) is 29.9 Å². The number of rotatable bonds is 5. The van der Waals surface area contributed by atoms with Gasteiger partial charge in [-0.3, -0.25) is 14.7 Å². The fourth-order valence-electron chi connectivity index (χ4n) is 2.75. The van der Waals surface area contributed by atoms with Gasteiger partial charge in [0.05, 0.1) is 0 Å². The van der Waals surface area contributed by atoms with Crippen molar-refractivity contribution in [2.75, 3.05) is 13.1 Å². The molecule has 1 amide bonds. The van der Waals surface area contributed by atoms with Crippen molar-refractivity contribution in [2.45, 2.75) is 32.0 Å². The van der Waals surface area contributed by atoms with Gasteiger partial charge in [-0.05, 0) is 30.5 Å². The number of nitrogens with two attached hydrogens (primary N) is 1. The van der Waals surface area contributed by atoms with Crippen LogP contribution in [-0.2, 0) is 13.1 Å². The molecule has 0 radical (unpaired) electrons. The van der Waals surface area contributed by atoms with Gasteiger partial charge < -0.3 is 11.1 Å². The Hall–Kier alpha value is -1.25. The normalized spacial score (nSPS) is 15.1. The summed E-state index contributed by atoms with van der Waals surface area (Å²) >= 11 is 1.43. The molecule has 3 heterocycles. The van der Waals surface area contributed by atoms with Crippen molar-refractivity contribution >= 4 is 42.1 Å². The Balaban J connectivity index is 0.00000156. The zero-order valence-electron chi connectivity index (χ0n) is 13.8. The molecule has 1 fully saturated rings. The molecule has 1 saturated heterocycles. The van der Waals surface area contributed by atoms with Crippen molar-refractivity contribution in [3.8, 4) is 0 Å². The molecular formula is C16H23Cl2N5OS. The van der Waals surface area contributed by atoms with E-state index in [4.69, 9.17) is 5.73 Å². The minimum Gasteiger partial charge on any atom is -0.348 e. The first-order chi connectivity index (χ1) is 11.2. The van der Waals surface area contributed by atoms with Crippen molar-refractivity contribution < 1.29 is 4.79 Å². The summed E-state index contributed by atoms with van der Waals surface area (Å²) in [7, 11) is 0. The van der Waals surface area contributed by atoms with Gasteiger partial charge in [0, 0.05) is 50.0 Å². The van der Waals surface area contributed by atoms with Crippen LogP contribution < -0.4 is 11.1 Å². The SMILES string of the molecule is Cl.Cl.NCc1nc(C(=O)NC2CCN(Cc3ccncc3)CC2)cs1. The molecule has 2 aromatic heterocycles. The molecule has 0 aromatic carbocycles. The summed E-state index contributed by atoms with van der Waals surface area (Å²) in [5, 5.41) is 5.65. The fourth-order valence-corrected chi connectivity index (χ4v) is 3.40. The summed E-state index contributed by atoms with van der Waals surface area (Å²) in [4.78, 5) is 22.9. The van der Waals surface area contributed by atoms with Crippen LogP contribution in [0.25, 0.3) is 0 Å². The van der Waals surface area contributed by atoms with E-state index in [0.29, 0.717) is 12.2 Å². The molecule has 6 nitrogen and oxygen atoms in total. The number of nitrogens with one attached hydrogen (secondary N) is 1. The van der Waals surface area contributed by atoms with Crippen LogP contribution in [0.4, 0.5) is 0 Å². The van der Waals surface area contributed by atoms with Gasteiger partial charge in [0.25, 0.3) is 5.91 Å². The number of amides is 1. The number of hydrogen-bond acceptors (Lipinski definition) is 6. The summed E-state index contributed by atoms with van der Waals surface area (Å²) in [5.41, 5.74) is 7.29. The maximum absolute atomic E-state index is 12.2. The molecule has 0 unspecified atom stereocenters. The summed E-state index contributed by atoms with van der Waals surface area (Å²) in [5.74, 6) is -0.0893. The van der Waals surface area contributed by atoms with Gasteiger partial charge in [0.1, 0.15) is 10.7 Å². The Labute approximate surface area is 164 Å². The van der Waals surface area contributed by atoms with Crippen molar-refractivity contribution in [3.05, 3.63) is 46.2 Å². The lowest BCUT2D eigenvalue weighted by molar-refractivity contribution is 0.0904. The van der Waals surface area contributed by atoms with Gasteiger partial charge in [-0.15, -0.1) is 36.2 Å². The molecule has 25 heavy (non-hydrogen) atoms. The van der Waals surface area contributed by atoms with E-state index in [1.165, 1.54) is 16.9 Å². The highest BCUT2D eigenvalue weighted by atomic mass is 35.5. The zero-order chi connectivity index (χ0) is 16.1. The Kier molecular flexibility index (Phi) is 9.31. The predicted octanol–water partition coefficient (Wildman–Crippen LogP) is 2.23. The van der Waals surface area contributed by atoms with Crippen LogP contribution in [0.1, 0.15) is 33.9 Å². The zero-order valence-corrected chi connectivity index (χ0v) is 16.2. The molecule has 138 valence electrons. The Morgan fingerprint density at radius 2 is 1.96 bits per heavy atom. The number of nitrogens with zero attached hydrogens (tertiary/aromatic N) is 3. The highest BCUT2D eigenvalue weighted by Gasteiger charge is 2.22. The molecular weight excluding hydrogens is 381 g/mol. The Bertz CT molecular complexity index is 647. The van der Waals surface area contributed by atoms with Crippen LogP contribution in [0.3, 0.4) is 0 Å². The average molecular weight is 404 g/mol. The molecule has 0 aliphatic carbocycles. The second kappa shape index (κ2) is 10.7. The number of carbonyl (C=O) groups is 1. The summed E-state index contributed by atoms with van der Waals surface area (Å²) in [6.07, 6.45) is 5.58. The lowest BCUT2D eigenvalue weighted by Crippen LogP contribution is -2.44. The van der Waals surface area contributed by atoms with E-state index in [1.807, 2.05) is 24.5 Å². The number of halogens is 2. The standard InChI is InChI=1S/C16H21N5OS.2ClH/c17-9-15-20-14(11-23-15)16(22)19-13-3-7-21(8-4-13)10-12-1-5-18-6-2-12;;/h1-2,5-6,11,13H,3-4,7-10,17H2,(H,19,22);2*1H. The minimum absolute atomic E-state index is 0. The number of piperidine rings is 1. The van der Waals surface area contributed by atoms with Gasteiger partial charge in [-0.1, -0.05) is 0 Å². The van der Waals surface area contributed by atoms with E-state index >= 15 is 0 Å². The predicted molar refractivity (Wildman–Crippen MR) is 105 cm³/mol. The van der Waals surface area contributed by atoms with Gasteiger partial charge in [0.2, 0.25) is 0 Å². The third-order valence-corrected chi connectivity index (χ3v) is 4.91. The quantitative estimate of drug-likeness (QED) is 0.799. The molecule has 0 saturated carbocycles. The van der Waals surface area contributed by atoms with Gasteiger partial charge >= 0.3 is 0 Å². The van der Waals surface area contributed by atoms with Crippen LogP contribution in [0, 0.1) is 0 Å². The molecule has 0 spiro atoms. The molecule has 0 atom stereocenters. The molecule has 1 aliphatic heterocycles. The van der Waals surface area contributed by atoms with E-state index in [0.717, 1.165) is 37.5 Å². The van der Waals surface area contributed by atoms with Crippen LogP contribution in [0.2, 0.25) is 0 Å². The maximum Gasteiger partial charge on any atom is 0.270 e. The lowest BCUT2D eigenvalue weighted by atomic mass is 10.0. The van der Waals surface area contributed by atoms with E-state index in [2.05, 4.69) is 20.2 Å². The first-order valence-electron chi connectivity index (χ1n) is 7.81. The van der Waals surface area contributed by atoms with Gasteiger partial charge in [-0.25, -0.2) is 4.98 Å². The minimum atomic E-state index is -0.0893. The average Bonchev–Trinajstić information content (AvgIpc) is 3.07. The van der Waals surface area contributed by atoms with Crippen LogP contribution in [-0.4, -0.2) is 39.9 Å². The number of hydrogen-bond donors (Lipinski definition) is 2. The van der Waals surface area contributed by atoms with Crippen molar-refractivity contribution in [1.82, 2.24) is 20.2 Å². The van der Waals surface area contributed by atoms with Crippen LogP contribution in [0.5, 0.6) is 0 Å². The highest BCUT2D eigenvalue weighted by Crippen LogP contribution is 2.15. The molecule has 1 aliphatic rings. The summed E-state index contributed by atoms with van der Waals surface area (Å²) < 4.78 is 0. The van der Waals surface area contributed by atoms with Crippen molar-refractivity contribution in [3.63, 3.8) is 0 Å². The lowest BCUT2D eigenvalue weighted by Gasteiger charge is -2.32. The van der Waals surface area contributed by atoms with E-state index < -0.39 is 0 Å². The number of thiazole rings is 1. The molecule has 9 heteroatoms. The second-order valence-electron chi connectivity index (χ2n) is 5.71. The van der Waals surface area contributed by atoms with Gasteiger partial charge in [-0.2, -0.15) is 0 Å². The highest BCUT2D eigenvalue weighted by molar-refractivity contribution is 7.09. The molecule has 0 bridgehead atoms. The number of likely N-dealkylation sites (tertiary alicyclic amines) is 1. The monoisotopic (exact) mass is 403 g/mol. The van der Waals surface area contributed by atoms with Crippen molar-refractivity contribution in [1.29, 1.82) is 0 Å². The second-order valence-corrected chi connectivity index (χ2v) is 6.65. The van der Waals surface area contributed by atoms with Gasteiger partial charge in [0.15, 0.2) is 0 Å². The van der Waals surface area contributed by atoms with E-state index in [1.54, 1.807) is 5.38 Å². The summed E-state index contributed by atoms with van der Waals surface area (Å²) in [6, 6.07) is 4.32. The number of carbonyl (C=O) groups excluding carboxylic acids is 1. The third-order valence-electron chi connectivity index (χ3n) is 4.04. The molecule has 3 rings (SSSR count). The molecule has 3 N–H and O–H groups in total. The first-order valence-corrected chi connectivity index (χ1v) is 8.69. The maximum atomic E-state index is 12.2. The number of aromatic nitrogens is 2. The largest absolute Gasteiger partial charge is 0.348 e. The summed E-state index contributed by atoms with van der Waals surface area (Å²) in [6.45, 7) is 3.29. The number of pyridine rings is 1. The van der Waals surface area contributed by atoms with E-state index in [9.17, 15) is 4.79 Å². The fraction of sp³-hybridized carbons (Fsp3) is 0.438. The molecule has 2 aromatic rings. The van der Waals surface area contributed by atoms with Crippen molar-refractivity contribution in [2.24, 2.45) is 5.73 Å². The van der Waals surface area contributed by atoms with Crippen LogP contribution >= 0.6 is 36.2 Å². The Morgan fingerprint density at radius 1 is 1.28 bits per heavy atom. The third kappa shape index (κ3) is 6.20. The first kappa shape index (κ1) is 21.8. The van der Waals surface area contributed by atoms with E-state index in [-0.39, 0.29) is 36.8 Å². The topological polar surface area (TPSA) is 84.1 Å². The Morgan fingerprint density at radius 3 is 2.56 bits per heavy atom.